The van der Waals surface area contributed by atoms with Crippen molar-refractivity contribution in [2.24, 2.45) is 11.8 Å². The lowest BCUT2D eigenvalue weighted by Gasteiger charge is -2.47. The van der Waals surface area contributed by atoms with Gasteiger partial charge in [0.1, 0.15) is 5.82 Å². The summed E-state index contributed by atoms with van der Waals surface area (Å²) in [6.45, 7) is 2.61. The molecular weight excluding hydrogens is 325 g/mol. The van der Waals surface area contributed by atoms with Gasteiger partial charge in [-0.3, -0.25) is 0 Å². The van der Waals surface area contributed by atoms with Crippen molar-refractivity contribution in [1.29, 1.82) is 0 Å². The van der Waals surface area contributed by atoms with Crippen molar-refractivity contribution in [3.05, 3.63) is 71.0 Å². The number of benzene rings is 2. The molecule has 2 aromatic rings. The lowest BCUT2D eigenvalue weighted by Crippen LogP contribution is -2.49. The van der Waals surface area contributed by atoms with Gasteiger partial charge in [-0.05, 0) is 69.0 Å². The van der Waals surface area contributed by atoms with Gasteiger partial charge in [-0.2, -0.15) is 0 Å². The maximum Gasteiger partial charge on any atom is 0.126 e. The molecule has 0 heterocycles. The van der Waals surface area contributed by atoms with E-state index in [1.807, 2.05) is 12.1 Å². The number of aryl methyl sites for hydroxylation is 1. The Balaban J connectivity index is 2.01. The van der Waals surface area contributed by atoms with Crippen LogP contribution in [0.3, 0.4) is 0 Å². The molecule has 0 radical (unpaired) electrons. The van der Waals surface area contributed by atoms with Crippen molar-refractivity contribution >= 4 is 0 Å². The number of halogens is 1. The molecule has 0 saturated heterocycles. The second kappa shape index (κ2) is 7.89. The minimum absolute atomic E-state index is 0.133. The zero-order valence-corrected chi connectivity index (χ0v) is 16.1. The second-order valence-corrected chi connectivity index (χ2v) is 8.07. The van der Waals surface area contributed by atoms with Gasteiger partial charge in [0.2, 0.25) is 0 Å². The lowest BCUT2D eigenvalue weighted by atomic mass is 9.63. The molecule has 2 aromatic carbocycles. The number of nitrogens with zero attached hydrogens (tertiary/aromatic N) is 1. The monoisotopic (exact) mass is 355 g/mol. The molecule has 0 spiro atoms. The highest BCUT2D eigenvalue weighted by Crippen LogP contribution is 2.47. The first-order valence-electron chi connectivity index (χ1n) is 9.59. The Bertz CT molecular complexity index is 730. The van der Waals surface area contributed by atoms with Crippen LogP contribution in [-0.4, -0.2) is 30.6 Å². The van der Waals surface area contributed by atoms with Crippen molar-refractivity contribution in [2.45, 2.75) is 38.2 Å². The van der Waals surface area contributed by atoms with Crippen LogP contribution in [-0.2, 0) is 12.0 Å². The van der Waals surface area contributed by atoms with Crippen LogP contribution in [0.5, 0.6) is 0 Å². The Hall–Kier alpha value is -1.71. The van der Waals surface area contributed by atoms with Crippen LogP contribution in [0, 0.1) is 24.6 Å². The standard InChI is InChI=1S/C23H30FNO/c1-17-14-20(12-13-22(17)24)23(26)19(15-18-8-5-4-6-9-18)10-7-11-21(23)16-25(2)3/h4-6,8-9,12-14,19,21,26H,7,10-11,15-16H2,1-3H3. The van der Waals surface area contributed by atoms with Gasteiger partial charge in [0.05, 0.1) is 5.60 Å². The average Bonchev–Trinajstić information content (AvgIpc) is 2.61. The van der Waals surface area contributed by atoms with Crippen LogP contribution in [0.4, 0.5) is 4.39 Å². The van der Waals surface area contributed by atoms with Crippen molar-refractivity contribution < 1.29 is 9.50 Å². The van der Waals surface area contributed by atoms with E-state index < -0.39 is 5.60 Å². The Labute approximate surface area is 156 Å². The van der Waals surface area contributed by atoms with Gasteiger partial charge in [-0.1, -0.05) is 48.9 Å². The smallest absolute Gasteiger partial charge is 0.126 e. The zero-order chi connectivity index (χ0) is 18.7. The molecule has 0 aromatic heterocycles. The average molecular weight is 355 g/mol. The van der Waals surface area contributed by atoms with Gasteiger partial charge in [0, 0.05) is 12.5 Å². The zero-order valence-electron chi connectivity index (χ0n) is 16.1. The molecule has 0 aliphatic heterocycles. The first-order chi connectivity index (χ1) is 12.4. The topological polar surface area (TPSA) is 23.5 Å². The van der Waals surface area contributed by atoms with Crippen molar-refractivity contribution in [3.63, 3.8) is 0 Å². The summed E-state index contributed by atoms with van der Waals surface area (Å²) in [7, 11) is 4.11. The summed E-state index contributed by atoms with van der Waals surface area (Å²) in [6.07, 6.45) is 3.96. The summed E-state index contributed by atoms with van der Waals surface area (Å²) < 4.78 is 13.9. The third-order valence-corrected chi connectivity index (χ3v) is 5.88. The van der Waals surface area contributed by atoms with Crippen LogP contribution in [0.1, 0.15) is 36.0 Å². The maximum absolute atomic E-state index is 13.9. The molecule has 3 atom stereocenters. The molecule has 3 rings (SSSR count). The van der Waals surface area contributed by atoms with Crippen molar-refractivity contribution in [1.82, 2.24) is 4.90 Å². The Kier molecular flexibility index (Phi) is 5.79. The third-order valence-electron chi connectivity index (χ3n) is 5.88. The summed E-state index contributed by atoms with van der Waals surface area (Å²) in [4.78, 5) is 2.15. The summed E-state index contributed by atoms with van der Waals surface area (Å²) in [5, 5.41) is 12.0. The summed E-state index contributed by atoms with van der Waals surface area (Å²) in [6, 6.07) is 15.5. The van der Waals surface area contributed by atoms with Gasteiger partial charge in [-0.25, -0.2) is 4.39 Å². The van der Waals surface area contributed by atoms with Gasteiger partial charge >= 0.3 is 0 Å². The number of aliphatic hydroxyl groups is 1. The van der Waals surface area contributed by atoms with E-state index in [2.05, 4.69) is 43.3 Å². The molecule has 1 aliphatic rings. The first kappa shape index (κ1) is 19.1. The molecule has 26 heavy (non-hydrogen) atoms. The SMILES string of the molecule is Cc1cc(C2(O)C(Cc3ccccc3)CCCC2CN(C)C)ccc1F. The molecule has 1 aliphatic carbocycles. The van der Waals surface area contributed by atoms with E-state index in [0.29, 0.717) is 5.56 Å². The van der Waals surface area contributed by atoms with E-state index in [0.717, 1.165) is 37.8 Å². The highest BCUT2D eigenvalue weighted by atomic mass is 19.1. The number of hydrogen-bond acceptors (Lipinski definition) is 2. The molecule has 3 unspecified atom stereocenters. The normalized spacial score (nSPS) is 26.2. The quantitative estimate of drug-likeness (QED) is 0.851. The first-order valence-corrected chi connectivity index (χ1v) is 9.59. The van der Waals surface area contributed by atoms with Crippen molar-refractivity contribution in [3.8, 4) is 0 Å². The van der Waals surface area contributed by atoms with Crippen LogP contribution in [0.25, 0.3) is 0 Å². The largest absolute Gasteiger partial charge is 0.385 e. The third kappa shape index (κ3) is 3.84. The lowest BCUT2D eigenvalue weighted by molar-refractivity contribution is -0.107. The minimum atomic E-state index is -0.934. The van der Waals surface area contributed by atoms with Crippen LogP contribution in [0.2, 0.25) is 0 Å². The van der Waals surface area contributed by atoms with Crippen LogP contribution < -0.4 is 0 Å². The molecule has 0 bridgehead atoms. The highest BCUT2D eigenvalue weighted by Gasteiger charge is 2.47. The summed E-state index contributed by atoms with van der Waals surface area (Å²) in [5.74, 6) is 0.0650. The Morgan fingerprint density at radius 2 is 1.77 bits per heavy atom. The van der Waals surface area contributed by atoms with Crippen LogP contribution in [0.15, 0.2) is 48.5 Å². The minimum Gasteiger partial charge on any atom is -0.385 e. The van der Waals surface area contributed by atoms with E-state index in [1.54, 1.807) is 13.0 Å². The van der Waals surface area contributed by atoms with E-state index in [9.17, 15) is 9.50 Å². The Morgan fingerprint density at radius 1 is 1.08 bits per heavy atom. The predicted octanol–water partition coefficient (Wildman–Crippen LogP) is 4.54. The molecule has 1 N–H and O–H groups in total. The van der Waals surface area contributed by atoms with E-state index in [4.69, 9.17) is 0 Å². The second-order valence-electron chi connectivity index (χ2n) is 8.07. The molecular formula is C23H30FNO. The number of rotatable bonds is 5. The molecule has 3 heteroatoms. The van der Waals surface area contributed by atoms with Gasteiger partial charge in [0.15, 0.2) is 0 Å². The maximum atomic E-state index is 13.9. The summed E-state index contributed by atoms with van der Waals surface area (Å²) in [5.41, 5.74) is 1.78. The van der Waals surface area contributed by atoms with E-state index in [1.165, 1.54) is 11.6 Å². The predicted molar refractivity (Wildman–Crippen MR) is 105 cm³/mol. The van der Waals surface area contributed by atoms with Gasteiger partial charge < -0.3 is 10.0 Å². The van der Waals surface area contributed by atoms with Gasteiger partial charge in [0.25, 0.3) is 0 Å². The fourth-order valence-corrected chi connectivity index (χ4v) is 4.58. The van der Waals surface area contributed by atoms with Gasteiger partial charge in [-0.15, -0.1) is 0 Å². The van der Waals surface area contributed by atoms with Crippen LogP contribution >= 0.6 is 0 Å². The van der Waals surface area contributed by atoms with E-state index in [-0.39, 0.29) is 17.7 Å². The number of hydrogen-bond donors (Lipinski definition) is 1. The Morgan fingerprint density at radius 3 is 2.42 bits per heavy atom. The molecule has 0 amide bonds. The molecule has 1 fully saturated rings. The molecule has 1 saturated carbocycles. The highest BCUT2D eigenvalue weighted by molar-refractivity contribution is 5.31. The fourth-order valence-electron chi connectivity index (χ4n) is 4.58. The molecule has 2 nitrogen and oxygen atoms in total. The van der Waals surface area contributed by atoms with E-state index >= 15 is 0 Å². The summed E-state index contributed by atoms with van der Waals surface area (Å²) >= 11 is 0. The fraction of sp³-hybridized carbons (Fsp3) is 0.478. The molecule has 140 valence electrons. The van der Waals surface area contributed by atoms with Crippen molar-refractivity contribution in [2.75, 3.05) is 20.6 Å².